The number of aryl methyl sites for hydroxylation is 2. The third-order valence-corrected chi connectivity index (χ3v) is 5.18. The SMILES string of the molecule is Cc1cc(C)c(C(O)C2Cc3ccccc3S2)c(F)c1. The summed E-state index contributed by atoms with van der Waals surface area (Å²) < 4.78 is 14.2. The molecule has 2 atom stereocenters. The summed E-state index contributed by atoms with van der Waals surface area (Å²) >= 11 is 1.64. The number of aliphatic hydroxyl groups is 1. The molecule has 3 heteroatoms. The highest BCUT2D eigenvalue weighted by molar-refractivity contribution is 8.00. The molecule has 104 valence electrons. The fourth-order valence-electron chi connectivity index (χ4n) is 2.87. The van der Waals surface area contributed by atoms with Crippen molar-refractivity contribution in [2.45, 2.75) is 36.5 Å². The highest BCUT2D eigenvalue weighted by Gasteiger charge is 2.31. The van der Waals surface area contributed by atoms with Gasteiger partial charge in [-0.15, -0.1) is 11.8 Å². The second-order valence-electron chi connectivity index (χ2n) is 5.39. The average molecular weight is 288 g/mol. The second-order valence-corrected chi connectivity index (χ2v) is 6.67. The molecule has 0 amide bonds. The summed E-state index contributed by atoms with van der Waals surface area (Å²) in [5, 5.41) is 10.6. The molecular weight excluding hydrogens is 271 g/mol. The molecule has 2 unspecified atom stereocenters. The van der Waals surface area contributed by atoms with E-state index in [0.29, 0.717) is 5.56 Å². The van der Waals surface area contributed by atoms with Crippen molar-refractivity contribution in [1.29, 1.82) is 0 Å². The van der Waals surface area contributed by atoms with Gasteiger partial charge in [0.05, 0.1) is 6.10 Å². The summed E-state index contributed by atoms with van der Waals surface area (Å²) in [5.41, 5.74) is 3.40. The number of rotatable bonds is 2. The first kappa shape index (κ1) is 13.7. The van der Waals surface area contributed by atoms with E-state index < -0.39 is 6.10 Å². The topological polar surface area (TPSA) is 20.2 Å². The minimum Gasteiger partial charge on any atom is -0.387 e. The lowest BCUT2D eigenvalue weighted by molar-refractivity contribution is 0.169. The Bertz CT molecular complexity index is 605. The first-order valence-corrected chi connectivity index (χ1v) is 7.63. The van der Waals surface area contributed by atoms with Gasteiger partial charge in [0, 0.05) is 15.7 Å². The van der Waals surface area contributed by atoms with Crippen LogP contribution in [0.3, 0.4) is 0 Å². The third-order valence-electron chi connectivity index (χ3n) is 3.80. The molecule has 1 aliphatic heterocycles. The number of halogens is 1. The van der Waals surface area contributed by atoms with E-state index in [1.54, 1.807) is 11.8 Å². The number of hydrogen-bond acceptors (Lipinski definition) is 2. The number of aliphatic hydroxyl groups excluding tert-OH is 1. The summed E-state index contributed by atoms with van der Waals surface area (Å²) in [6, 6.07) is 11.6. The zero-order chi connectivity index (χ0) is 14.3. The maximum absolute atomic E-state index is 14.2. The Morgan fingerprint density at radius 3 is 2.70 bits per heavy atom. The highest BCUT2D eigenvalue weighted by atomic mass is 32.2. The van der Waals surface area contributed by atoms with Gasteiger partial charge in [0.2, 0.25) is 0 Å². The van der Waals surface area contributed by atoms with Crippen LogP contribution in [0.2, 0.25) is 0 Å². The molecule has 0 radical (unpaired) electrons. The van der Waals surface area contributed by atoms with Crippen LogP contribution in [0, 0.1) is 19.7 Å². The smallest absolute Gasteiger partial charge is 0.129 e. The molecule has 1 N–H and O–H groups in total. The van der Waals surface area contributed by atoms with E-state index in [1.807, 2.05) is 32.0 Å². The molecule has 1 heterocycles. The Morgan fingerprint density at radius 1 is 1.25 bits per heavy atom. The van der Waals surface area contributed by atoms with Crippen LogP contribution in [-0.4, -0.2) is 10.4 Å². The highest BCUT2D eigenvalue weighted by Crippen LogP contribution is 2.43. The van der Waals surface area contributed by atoms with Crippen molar-refractivity contribution in [3.8, 4) is 0 Å². The van der Waals surface area contributed by atoms with Crippen LogP contribution in [0.15, 0.2) is 41.3 Å². The zero-order valence-corrected chi connectivity index (χ0v) is 12.4. The monoisotopic (exact) mass is 288 g/mol. The number of fused-ring (bicyclic) bond motifs is 1. The van der Waals surface area contributed by atoms with E-state index in [4.69, 9.17) is 0 Å². The molecule has 2 aromatic carbocycles. The normalized spacial score (nSPS) is 18.9. The maximum atomic E-state index is 14.2. The zero-order valence-electron chi connectivity index (χ0n) is 11.6. The largest absolute Gasteiger partial charge is 0.387 e. The molecular formula is C17H17FOS. The average Bonchev–Trinajstić information content (AvgIpc) is 2.81. The van der Waals surface area contributed by atoms with Crippen LogP contribution < -0.4 is 0 Å². The van der Waals surface area contributed by atoms with Crippen LogP contribution in [0.25, 0.3) is 0 Å². The Morgan fingerprint density at radius 2 is 2.00 bits per heavy atom. The van der Waals surface area contributed by atoms with E-state index in [0.717, 1.165) is 17.5 Å². The van der Waals surface area contributed by atoms with Crippen molar-refractivity contribution in [3.63, 3.8) is 0 Å². The van der Waals surface area contributed by atoms with Gasteiger partial charge in [0.25, 0.3) is 0 Å². The number of benzene rings is 2. The van der Waals surface area contributed by atoms with Gasteiger partial charge in [-0.25, -0.2) is 4.39 Å². The standard InChI is InChI=1S/C17H17FOS/c1-10-7-11(2)16(13(18)8-10)17(19)15-9-12-5-3-4-6-14(12)20-15/h3-8,15,17,19H,9H2,1-2H3. The molecule has 0 saturated heterocycles. The van der Waals surface area contributed by atoms with Crippen molar-refractivity contribution in [3.05, 3.63) is 64.5 Å². The van der Waals surface area contributed by atoms with Gasteiger partial charge in [0.15, 0.2) is 0 Å². The van der Waals surface area contributed by atoms with Crippen molar-refractivity contribution in [2.75, 3.05) is 0 Å². The van der Waals surface area contributed by atoms with Crippen molar-refractivity contribution >= 4 is 11.8 Å². The predicted molar refractivity (Wildman–Crippen MR) is 80.6 cm³/mol. The van der Waals surface area contributed by atoms with Crippen molar-refractivity contribution in [2.24, 2.45) is 0 Å². The fraction of sp³-hybridized carbons (Fsp3) is 0.294. The van der Waals surface area contributed by atoms with Crippen molar-refractivity contribution < 1.29 is 9.50 Å². The molecule has 0 fully saturated rings. The lowest BCUT2D eigenvalue weighted by Gasteiger charge is -2.20. The van der Waals surface area contributed by atoms with E-state index in [1.165, 1.54) is 16.5 Å². The molecule has 3 rings (SSSR count). The molecule has 1 nitrogen and oxygen atoms in total. The van der Waals surface area contributed by atoms with Crippen LogP contribution in [0.4, 0.5) is 4.39 Å². The van der Waals surface area contributed by atoms with Gasteiger partial charge in [0.1, 0.15) is 5.82 Å². The van der Waals surface area contributed by atoms with Crippen LogP contribution >= 0.6 is 11.8 Å². The van der Waals surface area contributed by atoms with Crippen LogP contribution in [0.1, 0.15) is 28.4 Å². The maximum Gasteiger partial charge on any atom is 0.129 e. The minimum atomic E-state index is -0.770. The van der Waals surface area contributed by atoms with Crippen LogP contribution in [0.5, 0.6) is 0 Å². The molecule has 0 saturated carbocycles. The lowest BCUT2D eigenvalue weighted by atomic mass is 9.96. The Kier molecular flexibility index (Phi) is 3.57. The Balaban J connectivity index is 1.90. The van der Waals surface area contributed by atoms with Gasteiger partial charge < -0.3 is 5.11 Å². The van der Waals surface area contributed by atoms with Crippen LogP contribution in [-0.2, 0) is 6.42 Å². The number of thioether (sulfide) groups is 1. The van der Waals surface area contributed by atoms with E-state index in [-0.39, 0.29) is 11.1 Å². The molecule has 0 aromatic heterocycles. The van der Waals surface area contributed by atoms with Gasteiger partial charge >= 0.3 is 0 Å². The predicted octanol–water partition coefficient (Wildman–Crippen LogP) is 4.19. The Hall–Kier alpha value is -1.32. The lowest BCUT2D eigenvalue weighted by Crippen LogP contribution is -2.17. The molecule has 1 aliphatic rings. The van der Waals surface area contributed by atoms with Gasteiger partial charge in [-0.1, -0.05) is 24.3 Å². The van der Waals surface area contributed by atoms with Gasteiger partial charge in [-0.3, -0.25) is 0 Å². The number of hydrogen-bond donors (Lipinski definition) is 1. The molecule has 2 aromatic rings. The second kappa shape index (κ2) is 5.23. The summed E-state index contributed by atoms with van der Waals surface area (Å²) in [5.74, 6) is -0.299. The first-order valence-electron chi connectivity index (χ1n) is 6.75. The summed E-state index contributed by atoms with van der Waals surface area (Å²) in [6.07, 6.45) is 0.0161. The van der Waals surface area contributed by atoms with Gasteiger partial charge in [-0.05, 0) is 49.1 Å². The minimum absolute atomic E-state index is 0.0108. The molecule has 20 heavy (non-hydrogen) atoms. The van der Waals surface area contributed by atoms with Crippen molar-refractivity contribution in [1.82, 2.24) is 0 Å². The third kappa shape index (κ3) is 2.36. The van der Waals surface area contributed by atoms with E-state index in [9.17, 15) is 9.50 Å². The van der Waals surface area contributed by atoms with E-state index in [2.05, 4.69) is 12.1 Å². The summed E-state index contributed by atoms with van der Waals surface area (Å²) in [4.78, 5) is 1.20. The fourth-order valence-corrected chi connectivity index (χ4v) is 4.19. The quantitative estimate of drug-likeness (QED) is 0.894. The van der Waals surface area contributed by atoms with Gasteiger partial charge in [-0.2, -0.15) is 0 Å². The molecule has 0 spiro atoms. The van der Waals surface area contributed by atoms with E-state index >= 15 is 0 Å². The molecule has 0 bridgehead atoms. The first-order chi connectivity index (χ1) is 9.56. The Labute approximate surface area is 122 Å². The summed E-state index contributed by atoms with van der Waals surface area (Å²) in [7, 11) is 0. The molecule has 0 aliphatic carbocycles. The summed E-state index contributed by atoms with van der Waals surface area (Å²) in [6.45, 7) is 3.73.